The normalized spacial score (nSPS) is 32.2. The van der Waals surface area contributed by atoms with Crippen LogP contribution in [0.15, 0.2) is 4.99 Å². The first-order chi connectivity index (χ1) is 10.8. The maximum atomic E-state index is 11.4. The van der Waals surface area contributed by atoms with Gasteiger partial charge in [-0.1, -0.05) is 0 Å². The third-order valence-corrected chi connectivity index (χ3v) is 3.28. The van der Waals surface area contributed by atoms with Crippen LogP contribution in [0.5, 0.6) is 0 Å². The third-order valence-electron chi connectivity index (χ3n) is 3.28. The summed E-state index contributed by atoms with van der Waals surface area (Å²) in [7, 11) is 0. The molecular formula is C14H19NO8. The minimum absolute atomic E-state index is 0.164. The first-order valence-corrected chi connectivity index (χ1v) is 7.12. The van der Waals surface area contributed by atoms with Gasteiger partial charge in [0.05, 0.1) is 0 Å². The molecule has 0 aliphatic carbocycles. The number of fused-ring (bicyclic) bond motifs is 1. The Bertz CT molecular complexity index is 531. The monoisotopic (exact) mass is 329 g/mol. The molecule has 0 aromatic carbocycles. The molecule has 2 aliphatic rings. The van der Waals surface area contributed by atoms with Crippen LogP contribution in [0.2, 0.25) is 0 Å². The zero-order valence-electron chi connectivity index (χ0n) is 13.3. The number of ether oxygens (including phenoxy) is 5. The zero-order chi connectivity index (χ0) is 17.1. The molecule has 0 aromatic heterocycles. The Kier molecular flexibility index (Phi) is 5.19. The van der Waals surface area contributed by atoms with E-state index in [0.717, 1.165) is 0 Å². The van der Waals surface area contributed by atoms with Crippen LogP contribution in [-0.2, 0) is 38.1 Å². The van der Waals surface area contributed by atoms with E-state index < -0.39 is 48.6 Å². The lowest BCUT2D eigenvalue weighted by Gasteiger charge is -2.40. The fraction of sp³-hybridized carbons (Fsp3) is 0.714. The van der Waals surface area contributed by atoms with E-state index in [0.29, 0.717) is 5.90 Å². The molecule has 1 fully saturated rings. The Morgan fingerprint density at radius 2 is 1.65 bits per heavy atom. The SMILES string of the molecule is CC(=O)OC[C@H]1O[C@@H]2N=C(C)O[C@@H]2[C@@H](OC(C)=O)[C@H]1OC(C)=O. The highest BCUT2D eigenvalue weighted by atomic mass is 16.7. The summed E-state index contributed by atoms with van der Waals surface area (Å²) in [4.78, 5) is 38.0. The molecule has 0 unspecified atom stereocenters. The van der Waals surface area contributed by atoms with Gasteiger partial charge in [-0.05, 0) is 0 Å². The number of aliphatic imine (C=N–C) groups is 1. The van der Waals surface area contributed by atoms with Crippen molar-refractivity contribution in [3.8, 4) is 0 Å². The fourth-order valence-corrected chi connectivity index (χ4v) is 2.52. The van der Waals surface area contributed by atoms with Gasteiger partial charge >= 0.3 is 17.9 Å². The van der Waals surface area contributed by atoms with Gasteiger partial charge in [-0.15, -0.1) is 0 Å². The molecule has 0 N–H and O–H groups in total. The molecule has 1 saturated heterocycles. The molecule has 2 heterocycles. The molecule has 0 bridgehead atoms. The number of nitrogens with zero attached hydrogens (tertiary/aromatic N) is 1. The summed E-state index contributed by atoms with van der Waals surface area (Å²) in [6, 6.07) is 0. The van der Waals surface area contributed by atoms with Crippen LogP contribution >= 0.6 is 0 Å². The molecule has 9 heteroatoms. The van der Waals surface area contributed by atoms with Crippen molar-refractivity contribution in [3.05, 3.63) is 0 Å². The van der Waals surface area contributed by atoms with Gasteiger partial charge in [0.15, 0.2) is 30.4 Å². The Morgan fingerprint density at radius 1 is 1.04 bits per heavy atom. The molecule has 0 spiro atoms. The van der Waals surface area contributed by atoms with Gasteiger partial charge in [0.2, 0.25) is 0 Å². The second kappa shape index (κ2) is 6.95. The summed E-state index contributed by atoms with van der Waals surface area (Å²) in [6.45, 7) is 5.17. The lowest BCUT2D eigenvalue weighted by Crippen LogP contribution is -2.60. The van der Waals surface area contributed by atoms with Crippen LogP contribution in [0.3, 0.4) is 0 Å². The summed E-state index contributed by atoms with van der Waals surface area (Å²) in [5, 5.41) is 0. The molecular weight excluding hydrogens is 310 g/mol. The van der Waals surface area contributed by atoms with Crippen molar-refractivity contribution in [1.29, 1.82) is 0 Å². The van der Waals surface area contributed by atoms with Crippen molar-refractivity contribution in [1.82, 2.24) is 0 Å². The Hall–Kier alpha value is -2.16. The van der Waals surface area contributed by atoms with Crippen molar-refractivity contribution in [2.45, 2.75) is 58.3 Å². The molecule has 0 amide bonds. The smallest absolute Gasteiger partial charge is 0.303 e. The molecule has 0 saturated carbocycles. The van der Waals surface area contributed by atoms with E-state index in [2.05, 4.69) is 4.99 Å². The van der Waals surface area contributed by atoms with Gasteiger partial charge in [-0.25, -0.2) is 4.99 Å². The van der Waals surface area contributed by atoms with E-state index in [4.69, 9.17) is 23.7 Å². The van der Waals surface area contributed by atoms with Crippen LogP contribution in [0.4, 0.5) is 0 Å². The maximum Gasteiger partial charge on any atom is 0.303 e. The average molecular weight is 329 g/mol. The lowest BCUT2D eigenvalue weighted by atomic mass is 9.98. The Balaban J connectivity index is 2.25. The Morgan fingerprint density at radius 3 is 2.22 bits per heavy atom. The van der Waals surface area contributed by atoms with Gasteiger partial charge in [0.1, 0.15) is 12.7 Å². The number of esters is 3. The largest absolute Gasteiger partial charge is 0.469 e. The first kappa shape index (κ1) is 17.2. The standard InChI is InChI=1S/C14H19NO8/c1-6-15-14-13(20-6)12(22-9(4)18)11(21-8(3)17)10(23-14)5-19-7(2)16/h10-14H,5H2,1-4H3/t10-,11+,12+,13-,14+/m1/s1. The Labute approximate surface area is 132 Å². The molecule has 128 valence electrons. The van der Waals surface area contributed by atoms with E-state index in [-0.39, 0.29) is 6.61 Å². The average Bonchev–Trinajstić information content (AvgIpc) is 2.78. The maximum absolute atomic E-state index is 11.4. The second-order valence-corrected chi connectivity index (χ2v) is 5.25. The van der Waals surface area contributed by atoms with Gasteiger partial charge in [0.25, 0.3) is 0 Å². The highest BCUT2D eigenvalue weighted by Gasteiger charge is 2.53. The van der Waals surface area contributed by atoms with Crippen molar-refractivity contribution in [2.24, 2.45) is 4.99 Å². The van der Waals surface area contributed by atoms with E-state index in [1.807, 2.05) is 0 Å². The molecule has 23 heavy (non-hydrogen) atoms. The van der Waals surface area contributed by atoms with E-state index in [1.54, 1.807) is 6.92 Å². The van der Waals surface area contributed by atoms with Crippen molar-refractivity contribution in [2.75, 3.05) is 6.61 Å². The van der Waals surface area contributed by atoms with Gasteiger partial charge in [-0.3, -0.25) is 14.4 Å². The zero-order valence-corrected chi connectivity index (χ0v) is 13.3. The van der Waals surface area contributed by atoms with Crippen LogP contribution in [-0.4, -0.2) is 61.1 Å². The number of hydrogen-bond donors (Lipinski definition) is 0. The van der Waals surface area contributed by atoms with Crippen LogP contribution < -0.4 is 0 Å². The summed E-state index contributed by atoms with van der Waals surface area (Å²) in [6.07, 6.45) is -4.18. The summed E-state index contributed by atoms with van der Waals surface area (Å²) >= 11 is 0. The highest BCUT2D eigenvalue weighted by Crippen LogP contribution is 2.32. The van der Waals surface area contributed by atoms with Crippen LogP contribution in [0, 0.1) is 0 Å². The van der Waals surface area contributed by atoms with Gasteiger partial charge < -0.3 is 23.7 Å². The quantitative estimate of drug-likeness (QED) is 0.522. The molecule has 2 aliphatic heterocycles. The minimum Gasteiger partial charge on any atom is -0.469 e. The molecule has 5 atom stereocenters. The number of hydrogen-bond acceptors (Lipinski definition) is 9. The first-order valence-electron chi connectivity index (χ1n) is 7.12. The molecule has 2 rings (SSSR count). The fourth-order valence-electron chi connectivity index (χ4n) is 2.52. The topological polar surface area (TPSA) is 110 Å². The predicted octanol–water partition coefficient (Wildman–Crippen LogP) is -0.0450. The number of rotatable bonds is 4. The van der Waals surface area contributed by atoms with Crippen LogP contribution in [0.25, 0.3) is 0 Å². The van der Waals surface area contributed by atoms with Gasteiger partial charge in [-0.2, -0.15) is 0 Å². The second-order valence-electron chi connectivity index (χ2n) is 5.25. The highest BCUT2D eigenvalue weighted by molar-refractivity contribution is 5.75. The number of carbonyl (C=O) groups is 3. The summed E-state index contributed by atoms with van der Waals surface area (Å²) in [5.41, 5.74) is 0. The lowest BCUT2D eigenvalue weighted by molar-refractivity contribution is -0.236. The van der Waals surface area contributed by atoms with E-state index >= 15 is 0 Å². The van der Waals surface area contributed by atoms with Crippen molar-refractivity contribution in [3.63, 3.8) is 0 Å². The third kappa shape index (κ3) is 4.19. The number of carbonyl (C=O) groups excluding carboxylic acids is 3. The summed E-state index contributed by atoms with van der Waals surface area (Å²) in [5.74, 6) is -1.29. The van der Waals surface area contributed by atoms with Crippen molar-refractivity contribution < 1.29 is 38.1 Å². The van der Waals surface area contributed by atoms with Crippen LogP contribution in [0.1, 0.15) is 27.7 Å². The van der Waals surface area contributed by atoms with E-state index in [1.165, 1.54) is 20.8 Å². The minimum atomic E-state index is -0.974. The molecule has 9 nitrogen and oxygen atoms in total. The molecule has 0 aromatic rings. The van der Waals surface area contributed by atoms with E-state index in [9.17, 15) is 14.4 Å². The van der Waals surface area contributed by atoms with Gasteiger partial charge in [0, 0.05) is 27.7 Å². The van der Waals surface area contributed by atoms with Crippen molar-refractivity contribution >= 4 is 23.8 Å². The molecule has 0 radical (unpaired) electrons. The summed E-state index contributed by atoms with van der Waals surface area (Å²) < 4.78 is 26.6. The predicted molar refractivity (Wildman–Crippen MR) is 74.4 cm³/mol.